The monoisotopic (exact) mass is 92.0 g/mol. The van der Waals surface area contributed by atoms with Crippen molar-refractivity contribution in [2.45, 2.75) is 0 Å². The summed E-state index contributed by atoms with van der Waals surface area (Å²) >= 11 is 0. The Bertz CT molecular complexity index is 32.6. The highest BCUT2D eigenvalue weighted by Gasteiger charge is 1.56. The summed E-state index contributed by atoms with van der Waals surface area (Å²) < 4.78 is 0. The molecule has 0 atom stereocenters. The summed E-state index contributed by atoms with van der Waals surface area (Å²) in [6.07, 6.45) is 0. The molecule has 0 spiro atoms. The topological polar surface area (TPSA) is 70.1 Å². The third-order valence-electron chi connectivity index (χ3n) is 0. The zero-order valence-corrected chi connectivity index (χ0v) is 2.02. The predicted molar refractivity (Wildman–Crippen MR) is 25.9 cm³/mol. The molecule has 0 heterocycles. The Hall–Kier alpha value is -0.513. The van der Waals surface area contributed by atoms with Crippen LogP contribution in [0.25, 0.3) is 0 Å². The molecule has 5 heavy (non-hydrogen) atoms. The molecular weight excluding hydrogens is 84.1 g/mol. The largest absolute Gasteiger partial charge is 0.481 e. The summed E-state index contributed by atoms with van der Waals surface area (Å²) in [6.45, 7) is 0. The lowest BCUT2D eigenvalue weighted by Gasteiger charge is -1.67. The molecule has 32 valence electrons. The minimum Gasteiger partial charge on any atom is -0.481 e. The fourth-order valence-corrected chi connectivity index (χ4v) is 0. The number of aliphatic hydroxyl groups is 1. The van der Waals surface area contributed by atoms with Crippen LogP contribution >= 0.6 is 0 Å². The lowest BCUT2D eigenvalue weighted by atomic mass is 11.3. The van der Waals surface area contributed by atoms with Gasteiger partial charge in [0.1, 0.15) is 0 Å². The normalized spacial score (nSPS) is 4.80. The molecule has 0 aromatic rings. The van der Waals surface area contributed by atoms with Crippen molar-refractivity contribution in [2.75, 3.05) is 0 Å². The minimum absolute atomic E-state index is 0. The number of nitrogens with two attached hydrogens (primary N) is 1. The van der Waals surface area contributed by atoms with E-state index >= 15 is 0 Å². The molecule has 0 amide bonds. The van der Waals surface area contributed by atoms with Crippen molar-refractivity contribution >= 4 is 17.0 Å². The van der Waals surface area contributed by atoms with Crippen molar-refractivity contribution in [3.63, 3.8) is 0 Å². The van der Waals surface area contributed by atoms with Crippen LogP contribution in [0.15, 0.2) is 0 Å². The molecule has 0 fully saturated rings. The summed E-state index contributed by atoms with van der Waals surface area (Å²) in [7, 11) is 0. The molecule has 0 aromatic carbocycles. The molecule has 0 aliphatic carbocycles. The van der Waals surface area contributed by atoms with Crippen LogP contribution < -0.4 is 5.73 Å². The Morgan fingerprint density at radius 3 is 1.80 bits per heavy atom. The zero-order chi connectivity index (χ0) is 3.58. The Morgan fingerprint density at radius 1 is 1.80 bits per heavy atom. The van der Waals surface area contributed by atoms with Gasteiger partial charge in [0, 0.05) is 0 Å². The summed E-state index contributed by atoms with van der Waals surface area (Å²) in [5.41, 5.74) is 4.25. The van der Waals surface area contributed by atoms with Crippen molar-refractivity contribution in [1.29, 1.82) is 5.41 Å². The van der Waals surface area contributed by atoms with Gasteiger partial charge in [0.25, 0.3) is 6.02 Å². The first-order chi connectivity index (χ1) is 1.73. The lowest BCUT2D eigenvalue weighted by molar-refractivity contribution is 0.537. The predicted octanol–water partition coefficient (Wildman–Crippen LogP) is -2.01. The van der Waals surface area contributed by atoms with Crippen molar-refractivity contribution in [3.8, 4) is 0 Å². The third kappa shape index (κ3) is 29.3. The van der Waals surface area contributed by atoms with E-state index in [1.54, 1.807) is 0 Å². The average Bonchev–Trinajstić information content (AvgIpc) is 0.811. The van der Waals surface area contributed by atoms with E-state index in [4.69, 9.17) is 10.5 Å². The Balaban J connectivity index is 0. The van der Waals surface area contributed by atoms with Gasteiger partial charge in [-0.15, -0.1) is 0 Å². The van der Waals surface area contributed by atoms with E-state index in [2.05, 4.69) is 5.73 Å². The first-order valence-corrected chi connectivity index (χ1v) is 0.762. The number of aliphatic hydroxyl groups excluding tert-OH is 1. The summed E-state index contributed by atoms with van der Waals surface area (Å²) in [6, 6.07) is -0.833. The van der Waals surface area contributed by atoms with Crippen LogP contribution in [0.1, 0.15) is 0 Å². The summed E-state index contributed by atoms with van der Waals surface area (Å²) in [5.74, 6) is 0. The van der Waals surface area contributed by atoms with Gasteiger partial charge in [-0.1, -0.05) is 0 Å². The van der Waals surface area contributed by atoms with Crippen molar-refractivity contribution in [2.24, 2.45) is 5.73 Å². The average molecular weight is 92.2 g/mol. The van der Waals surface area contributed by atoms with Crippen LogP contribution in [-0.2, 0) is 0 Å². The van der Waals surface area contributed by atoms with E-state index in [0.29, 0.717) is 0 Å². The minimum atomic E-state index is -0.833. The van der Waals surface area contributed by atoms with Crippen molar-refractivity contribution in [3.05, 3.63) is 0 Å². The molecule has 0 rings (SSSR count). The highest BCUT2D eigenvalue weighted by Crippen LogP contribution is 1.25. The second-order valence-electron chi connectivity index (χ2n) is 0.385. The maximum absolute atomic E-state index is 7.42. The third-order valence-corrected chi connectivity index (χ3v) is 0. The molecule has 0 bridgehead atoms. The molecule has 0 saturated carbocycles. The molecule has 0 aliphatic heterocycles. The quantitative estimate of drug-likeness (QED) is 0.183. The highest BCUT2D eigenvalue weighted by atomic mass is 28.1. The fraction of sp³-hybridized carbons (Fsp3) is 0. The Morgan fingerprint density at radius 2 is 1.80 bits per heavy atom. The molecular formula is CH8N2OSi. The first-order valence-electron chi connectivity index (χ1n) is 0.762. The van der Waals surface area contributed by atoms with E-state index in [1.165, 1.54) is 0 Å². The SMILES string of the molecule is N=C(N)O.[SiH4]. The van der Waals surface area contributed by atoms with Gasteiger partial charge in [0.05, 0.1) is 0 Å². The van der Waals surface area contributed by atoms with E-state index in [1.807, 2.05) is 0 Å². The van der Waals surface area contributed by atoms with Gasteiger partial charge in [0.2, 0.25) is 0 Å². The van der Waals surface area contributed by atoms with Crippen LogP contribution in [0.2, 0.25) is 0 Å². The number of hydrogen-bond donors (Lipinski definition) is 3. The van der Waals surface area contributed by atoms with E-state index < -0.39 is 6.02 Å². The molecule has 0 aromatic heterocycles. The van der Waals surface area contributed by atoms with Gasteiger partial charge in [-0.3, -0.25) is 5.41 Å². The summed E-state index contributed by atoms with van der Waals surface area (Å²) in [5, 5.41) is 13.2. The number of nitrogens with one attached hydrogen (secondary N) is 1. The van der Waals surface area contributed by atoms with E-state index in [-0.39, 0.29) is 11.0 Å². The first kappa shape index (κ1) is 8.82. The molecule has 3 nitrogen and oxygen atoms in total. The van der Waals surface area contributed by atoms with Crippen molar-refractivity contribution in [1.82, 2.24) is 0 Å². The van der Waals surface area contributed by atoms with Crippen LogP contribution in [0.4, 0.5) is 0 Å². The molecule has 4 heteroatoms. The number of hydrogen-bond acceptors (Lipinski definition) is 1. The Labute approximate surface area is 34.3 Å². The van der Waals surface area contributed by atoms with Gasteiger partial charge < -0.3 is 10.8 Å². The van der Waals surface area contributed by atoms with Crippen LogP contribution in [-0.4, -0.2) is 22.1 Å². The van der Waals surface area contributed by atoms with Gasteiger partial charge in [0.15, 0.2) is 0 Å². The van der Waals surface area contributed by atoms with Gasteiger partial charge in [-0.2, -0.15) is 0 Å². The van der Waals surface area contributed by atoms with Crippen LogP contribution in [0.5, 0.6) is 0 Å². The highest BCUT2D eigenvalue weighted by molar-refractivity contribution is 5.75. The van der Waals surface area contributed by atoms with Gasteiger partial charge >= 0.3 is 0 Å². The van der Waals surface area contributed by atoms with Crippen molar-refractivity contribution < 1.29 is 5.11 Å². The molecule has 0 aliphatic rings. The van der Waals surface area contributed by atoms with Gasteiger partial charge in [-0.25, -0.2) is 0 Å². The number of amidine groups is 1. The van der Waals surface area contributed by atoms with E-state index in [0.717, 1.165) is 0 Å². The second-order valence-corrected chi connectivity index (χ2v) is 0.385. The van der Waals surface area contributed by atoms with Crippen LogP contribution in [0, 0.1) is 5.41 Å². The maximum atomic E-state index is 7.42. The standard InChI is InChI=1S/CH4N2O.H4Si/c2-1(3)4;/h(H4,2,3,4);1H4. The molecule has 0 unspecified atom stereocenters. The maximum Gasteiger partial charge on any atom is 0.276 e. The lowest BCUT2D eigenvalue weighted by Crippen LogP contribution is -2.05. The summed E-state index contributed by atoms with van der Waals surface area (Å²) in [4.78, 5) is 0. The Kier molecular flexibility index (Phi) is 6.15. The molecule has 0 saturated heterocycles. The fourth-order valence-electron chi connectivity index (χ4n) is 0. The molecule has 0 radical (unpaired) electrons. The smallest absolute Gasteiger partial charge is 0.276 e. The van der Waals surface area contributed by atoms with Gasteiger partial charge in [-0.05, 0) is 11.0 Å². The number of rotatable bonds is 0. The second kappa shape index (κ2) is 3.49. The molecule has 4 N–H and O–H groups in total. The van der Waals surface area contributed by atoms with E-state index in [9.17, 15) is 0 Å². The van der Waals surface area contributed by atoms with Crippen LogP contribution in [0.3, 0.4) is 0 Å². The zero-order valence-electron chi connectivity index (χ0n) is 2.02.